The first-order valence-electron chi connectivity index (χ1n) is 13.0. The van der Waals surface area contributed by atoms with E-state index >= 15 is 0 Å². The molecule has 1 saturated carbocycles. The highest BCUT2D eigenvalue weighted by Gasteiger charge is 2.61. The third kappa shape index (κ3) is 3.37. The van der Waals surface area contributed by atoms with Crippen LogP contribution in [0.15, 0.2) is 109 Å². The molecule has 0 amide bonds. The number of rotatable bonds is 4. The summed E-state index contributed by atoms with van der Waals surface area (Å²) in [5.41, 5.74) is 11.1. The Balaban J connectivity index is 1.32. The summed E-state index contributed by atoms with van der Waals surface area (Å²) in [6, 6.07) is 35.5. The fourth-order valence-corrected chi connectivity index (χ4v) is 7.02. The van der Waals surface area contributed by atoms with E-state index < -0.39 is 0 Å². The minimum atomic E-state index is 0.353. The van der Waals surface area contributed by atoms with Crippen molar-refractivity contribution in [2.75, 3.05) is 5.32 Å². The molecule has 0 bridgehead atoms. The smallest absolute Gasteiger partial charge is 0.0429 e. The summed E-state index contributed by atoms with van der Waals surface area (Å²) in [6.07, 6.45) is 8.79. The molecule has 3 aliphatic rings. The van der Waals surface area contributed by atoms with Crippen LogP contribution < -0.4 is 5.32 Å². The maximum atomic E-state index is 3.86. The van der Waals surface area contributed by atoms with E-state index in [0.29, 0.717) is 17.3 Å². The minimum absolute atomic E-state index is 0.353. The molecular weight excluding hydrogens is 422 g/mol. The van der Waals surface area contributed by atoms with Crippen molar-refractivity contribution in [3.05, 3.63) is 120 Å². The van der Waals surface area contributed by atoms with Crippen molar-refractivity contribution < 1.29 is 0 Å². The van der Waals surface area contributed by atoms with Crippen LogP contribution in [-0.4, -0.2) is 0 Å². The Morgan fingerprint density at radius 3 is 2.46 bits per heavy atom. The maximum Gasteiger partial charge on any atom is 0.0429 e. The van der Waals surface area contributed by atoms with Crippen LogP contribution in [0.2, 0.25) is 0 Å². The predicted molar refractivity (Wildman–Crippen MR) is 147 cm³/mol. The SMILES string of the molecule is CC1C=CCC2(C3c4ccccc4-c4cccc(Nc5cccc(-c6ccccc6)c5)c43)CC2C1. The topological polar surface area (TPSA) is 12.0 Å². The molecule has 4 unspecified atom stereocenters. The first-order chi connectivity index (χ1) is 17.2. The zero-order chi connectivity index (χ0) is 23.4. The average molecular weight is 454 g/mol. The van der Waals surface area contributed by atoms with Gasteiger partial charge in [0.05, 0.1) is 0 Å². The molecule has 172 valence electrons. The van der Waals surface area contributed by atoms with Gasteiger partial charge < -0.3 is 5.32 Å². The number of anilines is 2. The maximum absolute atomic E-state index is 3.86. The second-order valence-electron chi connectivity index (χ2n) is 10.8. The Hall–Kier alpha value is -3.58. The molecule has 1 fully saturated rings. The Bertz CT molecular complexity index is 1430. The summed E-state index contributed by atoms with van der Waals surface area (Å²) in [7, 11) is 0. The monoisotopic (exact) mass is 453 g/mol. The van der Waals surface area contributed by atoms with Crippen LogP contribution in [0.5, 0.6) is 0 Å². The highest BCUT2D eigenvalue weighted by atomic mass is 14.9. The standard InChI is InChI=1S/C34H31N/c1-23-10-9-19-34(22-26(34)20-23)33-30-16-6-5-15-28(30)29-17-8-18-31(32(29)33)35-27-14-7-13-25(21-27)24-11-3-2-4-12-24/h2-18,21,23,26,33,35H,19-20,22H2,1H3. The third-order valence-corrected chi connectivity index (χ3v) is 8.68. The molecule has 3 aliphatic carbocycles. The van der Waals surface area contributed by atoms with Gasteiger partial charge in [-0.25, -0.2) is 0 Å². The van der Waals surface area contributed by atoms with Crippen molar-refractivity contribution >= 4 is 11.4 Å². The molecule has 0 heterocycles. The van der Waals surface area contributed by atoms with Gasteiger partial charge >= 0.3 is 0 Å². The van der Waals surface area contributed by atoms with Gasteiger partial charge in [0.1, 0.15) is 0 Å². The zero-order valence-electron chi connectivity index (χ0n) is 20.2. The average Bonchev–Trinajstić information content (AvgIpc) is 3.49. The first-order valence-corrected chi connectivity index (χ1v) is 13.0. The largest absolute Gasteiger partial charge is 0.355 e. The summed E-state index contributed by atoms with van der Waals surface area (Å²) < 4.78 is 0. The number of allylic oxidation sites excluding steroid dienone is 2. The van der Waals surface area contributed by atoms with Crippen molar-refractivity contribution in [3.63, 3.8) is 0 Å². The lowest BCUT2D eigenvalue weighted by molar-refractivity contribution is 0.393. The molecule has 0 saturated heterocycles. The molecule has 1 nitrogen and oxygen atoms in total. The molecule has 0 spiro atoms. The zero-order valence-corrected chi connectivity index (χ0v) is 20.2. The summed E-state index contributed by atoms with van der Waals surface area (Å²) >= 11 is 0. The lowest BCUT2D eigenvalue weighted by atomic mass is 9.77. The Labute approximate surface area is 208 Å². The van der Waals surface area contributed by atoms with Gasteiger partial charge in [-0.2, -0.15) is 0 Å². The first kappa shape index (κ1) is 20.8. The van der Waals surface area contributed by atoms with Gasteiger partial charge in [-0.15, -0.1) is 0 Å². The van der Waals surface area contributed by atoms with Crippen molar-refractivity contribution in [1.29, 1.82) is 0 Å². The van der Waals surface area contributed by atoms with Gasteiger partial charge in [-0.05, 0) is 88.1 Å². The van der Waals surface area contributed by atoms with Crippen LogP contribution in [0.1, 0.15) is 43.2 Å². The lowest BCUT2D eigenvalue weighted by Crippen LogP contribution is -2.16. The van der Waals surface area contributed by atoms with Gasteiger partial charge in [0, 0.05) is 17.3 Å². The van der Waals surface area contributed by atoms with Gasteiger partial charge in [0.25, 0.3) is 0 Å². The van der Waals surface area contributed by atoms with Crippen molar-refractivity contribution in [1.82, 2.24) is 0 Å². The molecule has 7 rings (SSSR count). The number of benzene rings is 4. The highest BCUT2D eigenvalue weighted by Crippen LogP contribution is 2.71. The Kier molecular flexibility index (Phi) is 4.74. The van der Waals surface area contributed by atoms with Crippen LogP contribution in [0.4, 0.5) is 11.4 Å². The summed E-state index contributed by atoms with van der Waals surface area (Å²) in [5.74, 6) is 1.95. The quantitative estimate of drug-likeness (QED) is 0.304. The summed E-state index contributed by atoms with van der Waals surface area (Å²) in [4.78, 5) is 0. The molecular formula is C34H31N. The van der Waals surface area contributed by atoms with Crippen LogP contribution in [0, 0.1) is 17.3 Å². The van der Waals surface area contributed by atoms with Crippen molar-refractivity contribution in [3.8, 4) is 22.3 Å². The predicted octanol–water partition coefficient (Wildman–Crippen LogP) is 9.20. The molecule has 1 N–H and O–H groups in total. The van der Waals surface area contributed by atoms with Crippen molar-refractivity contribution in [2.24, 2.45) is 17.3 Å². The van der Waals surface area contributed by atoms with E-state index in [-0.39, 0.29) is 0 Å². The number of hydrogen-bond acceptors (Lipinski definition) is 1. The number of nitrogens with one attached hydrogen (secondary N) is 1. The molecule has 0 aliphatic heterocycles. The lowest BCUT2D eigenvalue weighted by Gasteiger charge is -2.28. The van der Waals surface area contributed by atoms with Gasteiger partial charge in [0.2, 0.25) is 0 Å². The highest BCUT2D eigenvalue weighted by molar-refractivity contribution is 5.86. The van der Waals surface area contributed by atoms with Gasteiger partial charge in [-0.1, -0.05) is 97.9 Å². The minimum Gasteiger partial charge on any atom is -0.355 e. The van der Waals surface area contributed by atoms with Crippen LogP contribution in [-0.2, 0) is 0 Å². The fraction of sp³-hybridized carbons (Fsp3) is 0.235. The molecule has 1 heteroatoms. The molecule has 4 aromatic rings. The fourth-order valence-electron chi connectivity index (χ4n) is 7.02. The van der Waals surface area contributed by atoms with Gasteiger partial charge in [0.15, 0.2) is 0 Å². The van der Waals surface area contributed by atoms with Crippen molar-refractivity contribution in [2.45, 2.75) is 32.1 Å². The number of hydrogen-bond donors (Lipinski definition) is 1. The molecule has 0 aromatic heterocycles. The van der Waals surface area contributed by atoms with Crippen LogP contribution in [0.25, 0.3) is 22.3 Å². The molecule has 0 radical (unpaired) electrons. The second-order valence-corrected chi connectivity index (χ2v) is 10.8. The third-order valence-electron chi connectivity index (χ3n) is 8.68. The van der Waals surface area contributed by atoms with Gasteiger partial charge in [-0.3, -0.25) is 0 Å². The van der Waals surface area contributed by atoms with E-state index in [9.17, 15) is 0 Å². The molecule has 4 atom stereocenters. The Morgan fingerprint density at radius 2 is 1.54 bits per heavy atom. The van der Waals surface area contributed by atoms with E-state index in [0.717, 1.165) is 11.6 Å². The summed E-state index contributed by atoms with van der Waals surface area (Å²) in [6.45, 7) is 2.38. The van der Waals surface area contributed by atoms with E-state index in [1.165, 1.54) is 58.3 Å². The summed E-state index contributed by atoms with van der Waals surface area (Å²) in [5, 5.41) is 3.86. The van der Waals surface area contributed by atoms with E-state index in [1.54, 1.807) is 0 Å². The Morgan fingerprint density at radius 1 is 0.771 bits per heavy atom. The van der Waals surface area contributed by atoms with Crippen LogP contribution >= 0.6 is 0 Å². The molecule has 4 aromatic carbocycles. The molecule has 35 heavy (non-hydrogen) atoms. The second kappa shape index (κ2) is 7.99. The van der Waals surface area contributed by atoms with E-state index in [1.807, 2.05) is 0 Å². The number of fused-ring (bicyclic) bond motifs is 4. The van der Waals surface area contributed by atoms with E-state index in [4.69, 9.17) is 0 Å². The van der Waals surface area contributed by atoms with Crippen LogP contribution in [0.3, 0.4) is 0 Å². The van der Waals surface area contributed by atoms with E-state index in [2.05, 4.69) is 121 Å². The normalized spacial score (nSPS) is 25.8.